The SMILES string of the molecule is CCCCN(CC)CC1(CNC(C)C)CCC(C)CC1. The van der Waals surface area contributed by atoms with Crippen LogP contribution in [0.5, 0.6) is 0 Å². The molecule has 0 aromatic rings. The maximum absolute atomic E-state index is 3.73. The number of nitrogens with one attached hydrogen (secondary N) is 1. The van der Waals surface area contributed by atoms with E-state index in [4.69, 9.17) is 0 Å². The fourth-order valence-corrected chi connectivity index (χ4v) is 3.39. The Morgan fingerprint density at radius 2 is 1.85 bits per heavy atom. The van der Waals surface area contributed by atoms with Gasteiger partial charge in [0.1, 0.15) is 0 Å². The van der Waals surface area contributed by atoms with Gasteiger partial charge in [0.15, 0.2) is 0 Å². The van der Waals surface area contributed by atoms with Crippen molar-refractivity contribution in [3.8, 4) is 0 Å². The molecule has 1 rings (SSSR count). The first-order valence-corrected chi connectivity index (χ1v) is 8.97. The Balaban J connectivity index is 2.60. The normalized spacial score (nSPS) is 27.4. The first-order valence-electron chi connectivity index (χ1n) is 8.97. The van der Waals surface area contributed by atoms with Gasteiger partial charge in [0.25, 0.3) is 0 Å². The lowest BCUT2D eigenvalue weighted by Gasteiger charge is -2.43. The van der Waals surface area contributed by atoms with Gasteiger partial charge in [-0.15, -0.1) is 0 Å². The van der Waals surface area contributed by atoms with Crippen molar-refractivity contribution in [2.24, 2.45) is 11.3 Å². The van der Waals surface area contributed by atoms with E-state index < -0.39 is 0 Å². The Morgan fingerprint density at radius 1 is 1.20 bits per heavy atom. The highest BCUT2D eigenvalue weighted by molar-refractivity contribution is 4.89. The number of unbranched alkanes of at least 4 members (excludes halogenated alkanes) is 1. The van der Waals surface area contributed by atoms with Crippen LogP contribution in [0.15, 0.2) is 0 Å². The molecule has 1 N–H and O–H groups in total. The lowest BCUT2D eigenvalue weighted by Crippen LogP contribution is -2.47. The van der Waals surface area contributed by atoms with Crippen LogP contribution in [-0.2, 0) is 0 Å². The molecule has 1 aliphatic carbocycles. The average molecular weight is 283 g/mol. The minimum Gasteiger partial charge on any atom is -0.314 e. The van der Waals surface area contributed by atoms with Crippen LogP contribution in [0.25, 0.3) is 0 Å². The average Bonchev–Trinajstić information content (AvgIpc) is 2.44. The zero-order valence-corrected chi connectivity index (χ0v) is 14.7. The Bertz CT molecular complexity index is 242. The molecule has 0 amide bonds. The molecule has 0 heterocycles. The summed E-state index contributed by atoms with van der Waals surface area (Å²) in [6.07, 6.45) is 8.33. The molecule has 0 radical (unpaired) electrons. The molecule has 1 aliphatic rings. The van der Waals surface area contributed by atoms with Crippen molar-refractivity contribution in [1.29, 1.82) is 0 Å². The zero-order valence-electron chi connectivity index (χ0n) is 14.7. The molecule has 1 saturated carbocycles. The summed E-state index contributed by atoms with van der Waals surface area (Å²) >= 11 is 0. The molecule has 0 aromatic carbocycles. The molecule has 0 atom stereocenters. The summed E-state index contributed by atoms with van der Waals surface area (Å²) in [6, 6.07) is 0.608. The Kier molecular flexibility index (Phi) is 8.13. The van der Waals surface area contributed by atoms with Crippen molar-refractivity contribution in [3.63, 3.8) is 0 Å². The van der Waals surface area contributed by atoms with Crippen molar-refractivity contribution in [2.45, 2.75) is 79.2 Å². The third-order valence-corrected chi connectivity index (χ3v) is 5.05. The Morgan fingerprint density at radius 3 is 2.35 bits per heavy atom. The van der Waals surface area contributed by atoms with Gasteiger partial charge in [0, 0.05) is 19.1 Å². The Hall–Kier alpha value is -0.0800. The number of hydrogen-bond donors (Lipinski definition) is 1. The van der Waals surface area contributed by atoms with Gasteiger partial charge < -0.3 is 10.2 Å². The van der Waals surface area contributed by atoms with Crippen LogP contribution in [0.1, 0.15) is 73.1 Å². The molecule has 2 nitrogen and oxygen atoms in total. The fraction of sp³-hybridized carbons (Fsp3) is 1.00. The van der Waals surface area contributed by atoms with Gasteiger partial charge in [-0.3, -0.25) is 0 Å². The maximum Gasteiger partial charge on any atom is 0.00500 e. The lowest BCUT2D eigenvalue weighted by atomic mass is 9.70. The molecule has 0 saturated heterocycles. The summed E-state index contributed by atoms with van der Waals surface area (Å²) in [5.74, 6) is 0.938. The fourth-order valence-electron chi connectivity index (χ4n) is 3.39. The van der Waals surface area contributed by atoms with Crippen LogP contribution in [-0.4, -0.2) is 37.1 Å². The van der Waals surface area contributed by atoms with E-state index in [1.165, 1.54) is 64.7 Å². The first-order chi connectivity index (χ1) is 9.51. The summed E-state index contributed by atoms with van der Waals surface area (Å²) in [7, 11) is 0. The first kappa shape index (κ1) is 18.0. The van der Waals surface area contributed by atoms with Gasteiger partial charge in [0.05, 0.1) is 0 Å². The molecule has 20 heavy (non-hydrogen) atoms. The predicted octanol–water partition coefficient (Wildman–Crippen LogP) is 4.30. The second kappa shape index (κ2) is 9.04. The van der Waals surface area contributed by atoms with Crippen molar-refractivity contribution < 1.29 is 0 Å². The van der Waals surface area contributed by atoms with Crippen molar-refractivity contribution in [3.05, 3.63) is 0 Å². The lowest BCUT2D eigenvalue weighted by molar-refractivity contribution is 0.0861. The summed E-state index contributed by atoms with van der Waals surface area (Å²) in [5.41, 5.74) is 0.528. The number of hydrogen-bond acceptors (Lipinski definition) is 2. The molecule has 0 aromatic heterocycles. The van der Waals surface area contributed by atoms with E-state index in [-0.39, 0.29) is 0 Å². The highest BCUT2D eigenvalue weighted by Crippen LogP contribution is 2.39. The van der Waals surface area contributed by atoms with Gasteiger partial charge in [-0.2, -0.15) is 0 Å². The quantitative estimate of drug-likeness (QED) is 0.678. The van der Waals surface area contributed by atoms with Crippen molar-refractivity contribution in [2.75, 3.05) is 26.2 Å². The van der Waals surface area contributed by atoms with E-state index >= 15 is 0 Å². The second-order valence-corrected chi connectivity index (χ2v) is 7.44. The molecule has 0 bridgehead atoms. The van der Waals surface area contributed by atoms with E-state index in [1.807, 2.05) is 0 Å². The van der Waals surface area contributed by atoms with Gasteiger partial charge >= 0.3 is 0 Å². The van der Waals surface area contributed by atoms with E-state index in [0.717, 1.165) is 5.92 Å². The largest absolute Gasteiger partial charge is 0.314 e. The van der Waals surface area contributed by atoms with E-state index in [9.17, 15) is 0 Å². The van der Waals surface area contributed by atoms with E-state index in [0.29, 0.717) is 11.5 Å². The van der Waals surface area contributed by atoms with E-state index in [2.05, 4.69) is 44.8 Å². The molecule has 0 unspecified atom stereocenters. The van der Waals surface area contributed by atoms with Crippen LogP contribution < -0.4 is 5.32 Å². The van der Waals surface area contributed by atoms with Crippen LogP contribution in [0, 0.1) is 11.3 Å². The van der Waals surface area contributed by atoms with Crippen LogP contribution in [0.3, 0.4) is 0 Å². The zero-order chi connectivity index (χ0) is 15.0. The predicted molar refractivity (Wildman–Crippen MR) is 90.2 cm³/mol. The molecule has 120 valence electrons. The van der Waals surface area contributed by atoms with E-state index in [1.54, 1.807) is 0 Å². The van der Waals surface area contributed by atoms with Gasteiger partial charge in [-0.25, -0.2) is 0 Å². The van der Waals surface area contributed by atoms with Gasteiger partial charge in [0.2, 0.25) is 0 Å². The third kappa shape index (κ3) is 6.13. The molecule has 2 heteroatoms. The van der Waals surface area contributed by atoms with Crippen LogP contribution in [0.2, 0.25) is 0 Å². The smallest absolute Gasteiger partial charge is 0.00500 e. The molecule has 0 aliphatic heterocycles. The highest BCUT2D eigenvalue weighted by Gasteiger charge is 2.35. The number of nitrogens with zero attached hydrogens (tertiary/aromatic N) is 1. The molecular formula is C18H38N2. The maximum atomic E-state index is 3.73. The minimum atomic E-state index is 0.528. The second-order valence-electron chi connectivity index (χ2n) is 7.44. The summed E-state index contributed by atoms with van der Waals surface area (Å²) in [4.78, 5) is 2.70. The van der Waals surface area contributed by atoms with Crippen LogP contribution in [0.4, 0.5) is 0 Å². The Labute approximate surface area is 127 Å². The molecular weight excluding hydrogens is 244 g/mol. The summed E-state index contributed by atoms with van der Waals surface area (Å²) < 4.78 is 0. The topological polar surface area (TPSA) is 15.3 Å². The van der Waals surface area contributed by atoms with Gasteiger partial charge in [-0.1, -0.05) is 53.9 Å². The third-order valence-electron chi connectivity index (χ3n) is 5.05. The highest BCUT2D eigenvalue weighted by atomic mass is 15.1. The van der Waals surface area contributed by atoms with Crippen molar-refractivity contribution in [1.82, 2.24) is 10.2 Å². The summed E-state index contributed by atoms with van der Waals surface area (Å²) in [5, 5.41) is 3.73. The molecule has 1 fully saturated rings. The van der Waals surface area contributed by atoms with Crippen LogP contribution >= 0.6 is 0 Å². The summed E-state index contributed by atoms with van der Waals surface area (Å²) in [6.45, 7) is 16.6. The monoisotopic (exact) mass is 282 g/mol. The van der Waals surface area contributed by atoms with Gasteiger partial charge in [-0.05, 0) is 43.7 Å². The van der Waals surface area contributed by atoms with Crippen molar-refractivity contribution >= 4 is 0 Å². The number of rotatable bonds is 9. The standard InChI is InChI=1S/C18H38N2/c1-6-8-13-20(7-2)15-18(14-19-16(3)4)11-9-17(5)10-12-18/h16-17,19H,6-15H2,1-5H3. The molecule has 0 spiro atoms. The minimum absolute atomic E-state index is 0.528.